The van der Waals surface area contributed by atoms with Crippen LogP contribution in [0.5, 0.6) is 0 Å². The summed E-state index contributed by atoms with van der Waals surface area (Å²) in [5.74, 6) is 0. The van der Waals surface area contributed by atoms with E-state index in [0.29, 0.717) is 13.0 Å². The van der Waals surface area contributed by atoms with E-state index in [1.807, 2.05) is 0 Å². The highest BCUT2D eigenvalue weighted by atomic mass is 16.6. The van der Waals surface area contributed by atoms with Crippen LogP contribution >= 0.6 is 0 Å². The first-order valence-electron chi connectivity index (χ1n) is 5.96. The number of nitro groups is 1. The van der Waals surface area contributed by atoms with Crippen molar-refractivity contribution in [3.05, 3.63) is 22.5 Å². The standard InChI is InChI=1S/C11H16N4O4/c1-11(2,3)19-10(16)13-5-4-9(13)14-7-8(6-12-14)15(17)18/h6-7,9H,4-5H2,1-3H3. The van der Waals surface area contributed by atoms with E-state index >= 15 is 0 Å². The number of rotatable bonds is 2. The Bertz CT molecular complexity index is 505. The Labute approximate surface area is 110 Å². The molecule has 1 aromatic heterocycles. The fourth-order valence-electron chi connectivity index (χ4n) is 1.77. The number of aromatic nitrogens is 2. The number of carbonyl (C=O) groups excluding carboxylic acids is 1. The largest absolute Gasteiger partial charge is 0.444 e. The summed E-state index contributed by atoms with van der Waals surface area (Å²) >= 11 is 0. The van der Waals surface area contributed by atoms with Crippen LogP contribution in [0.15, 0.2) is 12.4 Å². The second kappa shape index (κ2) is 4.52. The van der Waals surface area contributed by atoms with Gasteiger partial charge in [-0.1, -0.05) is 0 Å². The van der Waals surface area contributed by atoms with Crippen molar-refractivity contribution in [3.63, 3.8) is 0 Å². The van der Waals surface area contributed by atoms with Gasteiger partial charge in [-0.3, -0.25) is 15.0 Å². The quantitative estimate of drug-likeness (QED) is 0.603. The molecule has 104 valence electrons. The van der Waals surface area contributed by atoms with Gasteiger partial charge in [0.1, 0.15) is 24.2 Å². The third-order valence-electron chi connectivity index (χ3n) is 2.72. The SMILES string of the molecule is CC(C)(C)OC(=O)N1CCC1n1cc([N+](=O)[O-])cn1. The van der Waals surface area contributed by atoms with Gasteiger partial charge in [-0.15, -0.1) is 0 Å². The van der Waals surface area contributed by atoms with Gasteiger partial charge in [-0.05, 0) is 20.8 Å². The van der Waals surface area contributed by atoms with Crippen molar-refractivity contribution in [2.45, 2.75) is 39.0 Å². The van der Waals surface area contributed by atoms with Crippen LogP contribution in [-0.2, 0) is 4.74 Å². The molecule has 0 N–H and O–H groups in total. The van der Waals surface area contributed by atoms with Gasteiger partial charge >= 0.3 is 11.8 Å². The summed E-state index contributed by atoms with van der Waals surface area (Å²) in [6.07, 6.45) is 2.47. The first kappa shape index (κ1) is 13.3. The van der Waals surface area contributed by atoms with Crippen molar-refractivity contribution in [1.82, 2.24) is 14.7 Å². The third kappa shape index (κ3) is 2.83. The number of amides is 1. The van der Waals surface area contributed by atoms with E-state index in [9.17, 15) is 14.9 Å². The first-order chi connectivity index (χ1) is 8.78. The lowest BCUT2D eigenvalue weighted by atomic mass is 10.1. The summed E-state index contributed by atoms with van der Waals surface area (Å²) in [6, 6.07) is 0. The van der Waals surface area contributed by atoms with Gasteiger partial charge in [0.2, 0.25) is 0 Å². The van der Waals surface area contributed by atoms with E-state index in [4.69, 9.17) is 4.74 Å². The lowest BCUT2D eigenvalue weighted by Crippen LogP contribution is -2.49. The van der Waals surface area contributed by atoms with Crippen LogP contribution in [0.3, 0.4) is 0 Å². The number of hydrogen-bond acceptors (Lipinski definition) is 5. The zero-order valence-electron chi connectivity index (χ0n) is 11.1. The van der Waals surface area contributed by atoms with Crippen LogP contribution in [0, 0.1) is 10.1 Å². The highest BCUT2D eigenvalue weighted by Gasteiger charge is 2.37. The Morgan fingerprint density at radius 1 is 1.58 bits per heavy atom. The molecule has 8 heteroatoms. The maximum absolute atomic E-state index is 11.9. The molecule has 0 radical (unpaired) electrons. The molecular formula is C11H16N4O4. The summed E-state index contributed by atoms with van der Waals surface area (Å²) in [4.78, 5) is 23.5. The van der Waals surface area contributed by atoms with Crippen LogP contribution in [-0.4, -0.2) is 37.8 Å². The molecule has 0 aliphatic carbocycles. The molecule has 1 fully saturated rings. The number of carbonyl (C=O) groups is 1. The predicted molar refractivity (Wildman–Crippen MR) is 65.5 cm³/mol. The number of hydrogen-bond donors (Lipinski definition) is 0. The first-order valence-corrected chi connectivity index (χ1v) is 5.96. The van der Waals surface area contributed by atoms with E-state index in [1.165, 1.54) is 22.0 Å². The molecule has 2 heterocycles. The summed E-state index contributed by atoms with van der Waals surface area (Å²) in [5.41, 5.74) is -0.649. The van der Waals surface area contributed by atoms with Crippen LogP contribution in [0.1, 0.15) is 33.4 Å². The van der Waals surface area contributed by atoms with E-state index in [1.54, 1.807) is 20.8 Å². The molecule has 0 aromatic carbocycles. The molecule has 1 aromatic rings. The highest BCUT2D eigenvalue weighted by Crippen LogP contribution is 2.30. The lowest BCUT2D eigenvalue weighted by molar-refractivity contribution is -0.385. The average Bonchev–Trinajstić information content (AvgIpc) is 2.61. The minimum absolute atomic E-state index is 0.0870. The Morgan fingerprint density at radius 3 is 2.68 bits per heavy atom. The van der Waals surface area contributed by atoms with Crippen LogP contribution in [0.4, 0.5) is 10.5 Å². The summed E-state index contributed by atoms with van der Waals surface area (Å²) < 4.78 is 6.68. The molecule has 1 unspecified atom stereocenters. The molecule has 1 aliphatic heterocycles. The van der Waals surface area contributed by atoms with Crippen LogP contribution < -0.4 is 0 Å². The molecular weight excluding hydrogens is 252 g/mol. The molecule has 19 heavy (non-hydrogen) atoms. The number of likely N-dealkylation sites (tertiary alicyclic amines) is 1. The van der Waals surface area contributed by atoms with E-state index in [-0.39, 0.29) is 11.9 Å². The highest BCUT2D eigenvalue weighted by molar-refractivity contribution is 5.69. The Balaban J connectivity index is 2.05. The van der Waals surface area contributed by atoms with Crippen molar-refractivity contribution in [3.8, 4) is 0 Å². The maximum Gasteiger partial charge on any atom is 0.412 e. The van der Waals surface area contributed by atoms with Gasteiger partial charge in [0.05, 0.1) is 4.92 Å². The lowest BCUT2D eigenvalue weighted by Gasteiger charge is -2.40. The van der Waals surface area contributed by atoms with Gasteiger partial charge < -0.3 is 4.74 Å². The molecule has 2 rings (SSSR count). The summed E-state index contributed by atoms with van der Waals surface area (Å²) in [7, 11) is 0. The van der Waals surface area contributed by atoms with Crippen molar-refractivity contribution >= 4 is 11.8 Å². The summed E-state index contributed by atoms with van der Waals surface area (Å²) in [6.45, 7) is 5.93. The Kier molecular flexibility index (Phi) is 3.17. The smallest absolute Gasteiger partial charge is 0.412 e. The molecule has 1 atom stereocenters. The zero-order chi connectivity index (χ0) is 14.2. The minimum Gasteiger partial charge on any atom is -0.444 e. The minimum atomic E-state index is -0.562. The van der Waals surface area contributed by atoms with E-state index in [0.717, 1.165) is 0 Å². The third-order valence-corrected chi connectivity index (χ3v) is 2.72. The summed E-state index contributed by atoms with van der Waals surface area (Å²) in [5, 5.41) is 14.5. The second-order valence-electron chi connectivity index (χ2n) is 5.38. The normalized spacial score (nSPS) is 18.9. The fourth-order valence-corrected chi connectivity index (χ4v) is 1.77. The Morgan fingerprint density at radius 2 is 2.26 bits per heavy atom. The van der Waals surface area contributed by atoms with Gasteiger partial charge in [0.25, 0.3) is 0 Å². The molecule has 1 amide bonds. The predicted octanol–water partition coefficient (Wildman–Crippen LogP) is 1.93. The molecule has 8 nitrogen and oxygen atoms in total. The molecule has 0 bridgehead atoms. The second-order valence-corrected chi connectivity index (χ2v) is 5.38. The number of nitrogens with zero attached hydrogens (tertiary/aromatic N) is 4. The van der Waals surface area contributed by atoms with E-state index < -0.39 is 16.6 Å². The topological polar surface area (TPSA) is 90.5 Å². The Hall–Kier alpha value is -2.12. The monoisotopic (exact) mass is 268 g/mol. The van der Waals surface area contributed by atoms with Crippen molar-refractivity contribution in [2.24, 2.45) is 0 Å². The van der Waals surface area contributed by atoms with Gasteiger partial charge in [0.15, 0.2) is 0 Å². The molecule has 1 saturated heterocycles. The molecule has 0 saturated carbocycles. The number of ether oxygens (including phenoxy) is 1. The van der Waals surface area contributed by atoms with Crippen molar-refractivity contribution in [1.29, 1.82) is 0 Å². The average molecular weight is 268 g/mol. The fraction of sp³-hybridized carbons (Fsp3) is 0.636. The van der Waals surface area contributed by atoms with Crippen LogP contribution in [0.2, 0.25) is 0 Å². The van der Waals surface area contributed by atoms with Gasteiger partial charge in [0, 0.05) is 13.0 Å². The van der Waals surface area contributed by atoms with Crippen molar-refractivity contribution in [2.75, 3.05) is 6.54 Å². The van der Waals surface area contributed by atoms with Crippen LogP contribution in [0.25, 0.3) is 0 Å². The maximum atomic E-state index is 11.9. The molecule has 1 aliphatic rings. The van der Waals surface area contributed by atoms with Crippen molar-refractivity contribution < 1.29 is 14.5 Å². The van der Waals surface area contributed by atoms with Gasteiger partial charge in [-0.25, -0.2) is 9.48 Å². The van der Waals surface area contributed by atoms with E-state index in [2.05, 4.69) is 5.10 Å². The zero-order valence-corrected chi connectivity index (χ0v) is 11.1. The van der Waals surface area contributed by atoms with Gasteiger partial charge in [-0.2, -0.15) is 5.10 Å². The molecule has 0 spiro atoms.